The van der Waals surface area contributed by atoms with Crippen LogP contribution in [-0.2, 0) is 6.54 Å². The van der Waals surface area contributed by atoms with Gasteiger partial charge < -0.3 is 10.2 Å². The second kappa shape index (κ2) is 5.89. The SMILES string of the molecule is CC1CCCN(C(=O)NC(C)Cn2cccn2)C1. The van der Waals surface area contributed by atoms with Crippen molar-refractivity contribution in [3.63, 3.8) is 0 Å². The lowest BCUT2D eigenvalue weighted by molar-refractivity contribution is 0.166. The molecule has 0 aromatic carbocycles. The number of nitrogens with one attached hydrogen (secondary N) is 1. The zero-order valence-electron chi connectivity index (χ0n) is 11.2. The minimum atomic E-state index is 0.0567. The number of likely N-dealkylation sites (tertiary alicyclic amines) is 1. The summed E-state index contributed by atoms with van der Waals surface area (Å²) in [7, 11) is 0. The van der Waals surface area contributed by atoms with Crippen molar-refractivity contribution in [3.05, 3.63) is 18.5 Å². The third-order valence-corrected chi connectivity index (χ3v) is 3.33. The Morgan fingerprint density at radius 2 is 2.44 bits per heavy atom. The van der Waals surface area contributed by atoms with Crippen LogP contribution in [0.3, 0.4) is 0 Å². The first-order valence-electron chi connectivity index (χ1n) is 6.68. The fraction of sp³-hybridized carbons (Fsp3) is 0.692. The second-order valence-electron chi connectivity index (χ2n) is 5.27. The summed E-state index contributed by atoms with van der Waals surface area (Å²) in [6.45, 7) is 6.67. The maximum absolute atomic E-state index is 12.1. The third kappa shape index (κ3) is 3.48. The van der Waals surface area contributed by atoms with E-state index < -0.39 is 0 Å². The first kappa shape index (κ1) is 12.9. The summed E-state index contributed by atoms with van der Waals surface area (Å²) in [5.41, 5.74) is 0. The monoisotopic (exact) mass is 250 g/mol. The van der Waals surface area contributed by atoms with Gasteiger partial charge in [-0.3, -0.25) is 4.68 Å². The van der Waals surface area contributed by atoms with E-state index in [1.165, 1.54) is 6.42 Å². The number of piperidine rings is 1. The Morgan fingerprint density at radius 1 is 1.61 bits per heavy atom. The molecular weight excluding hydrogens is 228 g/mol. The number of amides is 2. The summed E-state index contributed by atoms with van der Waals surface area (Å²) in [6, 6.07) is 2.04. The molecule has 0 radical (unpaired) electrons. The Kier molecular flexibility index (Phi) is 4.23. The molecule has 0 spiro atoms. The Hall–Kier alpha value is -1.52. The number of nitrogens with zero attached hydrogens (tertiary/aromatic N) is 3. The molecule has 1 saturated heterocycles. The highest BCUT2D eigenvalue weighted by atomic mass is 16.2. The van der Waals surface area contributed by atoms with E-state index in [1.54, 1.807) is 6.20 Å². The van der Waals surface area contributed by atoms with Crippen LogP contribution in [0.1, 0.15) is 26.7 Å². The molecule has 2 atom stereocenters. The molecule has 1 aromatic heterocycles. The molecule has 5 heteroatoms. The Labute approximate surface area is 108 Å². The summed E-state index contributed by atoms with van der Waals surface area (Å²) in [6.07, 6.45) is 6.00. The van der Waals surface area contributed by atoms with Crippen LogP contribution in [0.4, 0.5) is 4.79 Å². The van der Waals surface area contributed by atoms with Crippen molar-refractivity contribution < 1.29 is 4.79 Å². The van der Waals surface area contributed by atoms with Gasteiger partial charge in [0, 0.05) is 31.5 Å². The molecule has 0 bridgehead atoms. The van der Waals surface area contributed by atoms with Crippen molar-refractivity contribution in [2.75, 3.05) is 13.1 Å². The molecule has 0 aliphatic carbocycles. The van der Waals surface area contributed by atoms with Crippen LogP contribution < -0.4 is 5.32 Å². The molecule has 1 fully saturated rings. The van der Waals surface area contributed by atoms with Gasteiger partial charge in [-0.15, -0.1) is 0 Å². The van der Waals surface area contributed by atoms with Crippen molar-refractivity contribution in [2.45, 2.75) is 39.3 Å². The molecule has 1 aliphatic rings. The van der Waals surface area contributed by atoms with Crippen molar-refractivity contribution in [1.82, 2.24) is 20.0 Å². The third-order valence-electron chi connectivity index (χ3n) is 3.33. The van der Waals surface area contributed by atoms with E-state index in [2.05, 4.69) is 17.3 Å². The van der Waals surface area contributed by atoms with Gasteiger partial charge >= 0.3 is 6.03 Å². The van der Waals surface area contributed by atoms with Crippen LogP contribution >= 0.6 is 0 Å². The van der Waals surface area contributed by atoms with Crippen molar-refractivity contribution >= 4 is 6.03 Å². The average Bonchev–Trinajstić information content (AvgIpc) is 2.81. The molecule has 2 amide bonds. The Bertz CT molecular complexity index is 376. The van der Waals surface area contributed by atoms with Crippen LogP contribution in [0.2, 0.25) is 0 Å². The summed E-state index contributed by atoms with van der Waals surface area (Å²) >= 11 is 0. The topological polar surface area (TPSA) is 50.2 Å². The Balaban J connectivity index is 1.79. The van der Waals surface area contributed by atoms with Gasteiger partial charge in [-0.2, -0.15) is 5.10 Å². The number of hydrogen-bond acceptors (Lipinski definition) is 2. The quantitative estimate of drug-likeness (QED) is 0.888. The molecule has 1 aromatic rings. The molecule has 2 heterocycles. The number of hydrogen-bond donors (Lipinski definition) is 1. The molecule has 2 unspecified atom stereocenters. The lowest BCUT2D eigenvalue weighted by Crippen LogP contribution is -2.48. The van der Waals surface area contributed by atoms with Gasteiger partial charge in [0.15, 0.2) is 0 Å². The summed E-state index contributed by atoms with van der Waals surface area (Å²) in [5.74, 6) is 0.617. The standard InChI is InChI=1S/C13H22N4O/c1-11-5-3-7-16(9-11)13(18)15-12(2)10-17-8-4-6-14-17/h4,6,8,11-12H,3,5,7,9-10H2,1-2H3,(H,15,18). The van der Waals surface area contributed by atoms with Crippen molar-refractivity contribution in [2.24, 2.45) is 5.92 Å². The predicted molar refractivity (Wildman–Crippen MR) is 70.2 cm³/mol. The first-order valence-corrected chi connectivity index (χ1v) is 6.68. The Morgan fingerprint density at radius 3 is 3.11 bits per heavy atom. The number of rotatable bonds is 3. The average molecular weight is 250 g/mol. The lowest BCUT2D eigenvalue weighted by atomic mass is 10.0. The molecule has 5 nitrogen and oxygen atoms in total. The molecule has 100 valence electrons. The summed E-state index contributed by atoms with van der Waals surface area (Å²) in [4.78, 5) is 14.0. The molecule has 1 aliphatic heterocycles. The van der Waals surface area contributed by atoms with E-state index in [0.29, 0.717) is 12.5 Å². The van der Waals surface area contributed by atoms with Gasteiger partial charge in [0.05, 0.1) is 6.54 Å². The van der Waals surface area contributed by atoms with E-state index in [1.807, 2.05) is 28.8 Å². The van der Waals surface area contributed by atoms with Crippen LogP contribution in [0.5, 0.6) is 0 Å². The van der Waals surface area contributed by atoms with Gasteiger partial charge in [0.25, 0.3) is 0 Å². The normalized spacial score (nSPS) is 21.7. The van der Waals surface area contributed by atoms with Crippen molar-refractivity contribution in [1.29, 1.82) is 0 Å². The molecular formula is C13H22N4O. The smallest absolute Gasteiger partial charge is 0.317 e. The van der Waals surface area contributed by atoms with Crippen molar-refractivity contribution in [3.8, 4) is 0 Å². The largest absolute Gasteiger partial charge is 0.334 e. The van der Waals surface area contributed by atoms with Gasteiger partial charge in [-0.25, -0.2) is 4.79 Å². The van der Waals surface area contributed by atoms with Gasteiger partial charge in [0.2, 0.25) is 0 Å². The zero-order chi connectivity index (χ0) is 13.0. The molecule has 2 rings (SSSR count). The first-order chi connectivity index (χ1) is 8.65. The highest BCUT2D eigenvalue weighted by molar-refractivity contribution is 5.74. The number of carbonyl (C=O) groups excluding carboxylic acids is 1. The fourth-order valence-corrected chi connectivity index (χ4v) is 2.41. The predicted octanol–water partition coefficient (Wildman–Crippen LogP) is 1.71. The van der Waals surface area contributed by atoms with Gasteiger partial charge in [-0.1, -0.05) is 6.92 Å². The molecule has 0 saturated carbocycles. The van der Waals surface area contributed by atoms with Crippen LogP contribution in [0.25, 0.3) is 0 Å². The maximum atomic E-state index is 12.1. The van der Waals surface area contributed by atoms with E-state index in [4.69, 9.17) is 0 Å². The molecule has 18 heavy (non-hydrogen) atoms. The highest BCUT2D eigenvalue weighted by Crippen LogP contribution is 2.15. The minimum absolute atomic E-state index is 0.0567. The maximum Gasteiger partial charge on any atom is 0.317 e. The number of urea groups is 1. The number of aromatic nitrogens is 2. The molecule has 1 N–H and O–H groups in total. The van der Waals surface area contributed by atoms with E-state index in [0.717, 1.165) is 19.5 Å². The summed E-state index contributed by atoms with van der Waals surface area (Å²) < 4.78 is 1.84. The number of carbonyl (C=O) groups is 1. The summed E-state index contributed by atoms with van der Waals surface area (Å²) in [5, 5.41) is 7.17. The van der Waals surface area contributed by atoms with Crippen LogP contribution in [0, 0.1) is 5.92 Å². The lowest BCUT2D eigenvalue weighted by Gasteiger charge is -2.32. The van der Waals surface area contributed by atoms with Crippen LogP contribution in [0.15, 0.2) is 18.5 Å². The van der Waals surface area contributed by atoms with E-state index in [9.17, 15) is 4.79 Å². The second-order valence-corrected chi connectivity index (χ2v) is 5.27. The fourth-order valence-electron chi connectivity index (χ4n) is 2.41. The van der Waals surface area contributed by atoms with Gasteiger partial charge in [-0.05, 0) is 31.7 Å². The van der Waals surface area contributed by atoms with Crippen LogP contribution in [-0.4, -0.2) is 39.8 Å². The zero-order valence-corrected chi connectivity index (χ0v) is 11.2. The highest BCUT2D eigenvalue weighted by Gasteiger charge is 2.21. The van der Waals surface area contributed by atoms with Gasteiger partial charge in [0.1, 0.15) is 0 Å². The minimum Gasteiger partial charge on any atom is -0.334 e. The van der Waals surface area contributed by atoms with E-state index >= 15 is 0 Å². The van der Waals surface area contributed by atoms with E-state index in [-0.39, 0.29) is 12.1 Å².